The second-order valence-corrected chi connectivity index (χ2v) is 7.91. The van der Waals surface area contributed by atoms with Gasteiger partial charge in [-0.1, -0.05) is 6.92 Å². The first-order valence-corrected chi connectivity index (χ1v) is 8.08. The van der Waals surface area contributed by atoms with Crippen molar-refractivity contribution in [1.29, 1.82) is 0 Å². The molecule has 4 atom stereocenters. The van der Waals surface area contributed by atoms with Crippen LogP contribution in [0.1, 0.15) is 47.5 Å². The van der Waals surface area contributed by atoms with Crippen molar-refractivity contribution in [1.82, 2.24) is 4.90 Å². The van der Waals surface area contributed by atoms with Crippen LogP contribution in [-0.2, 0) is 23.7 Å². The zero-order valence-corrected chi connectivity index (χ0v) is 14.4. The number of rotatable bonds is 1. The summed E-state index contributed by atoms with van der Waals surface area (Å²) in [5.74, 6) is -1.81. The lowest BCUT2D eigenvalue weighted by Gasteiger charge is -2.42. The molecule has 3 heterocycles. The van der Waals surface area contributed by atoms with E-state index in [0.29, 0.717) is 13.2 Å². The predicted molar refractivity (Wildman–Crippen MR) is 79.4 cm³/mol. The van der Waals surface area contributed by atoms with Gasteiger partial charge in [0.1, 0.15) is 11.6 Å². The highest BCUT2D eigenvalue weighted by Gasteiger charge is 2.64. The minimum atomic E-state index is -1.38. The second kappa shape index (κ2) is 5.16. The average molecular weight is 327 g/mol. The van der Waals surface area contributed by atoms with Crippen LogP contribution in [0.25, 0.3) is 0 Å². The summed E-state index contributed by atoms with van der Waals surface area (Å²) >= 11 is 0. The lowest BCUT2D eigenvalue weighted by Crippen LogP contribution is -2.60. The lowest BCUT2D eigenvalue weighted by atomic mass is 9.99. The van der Waals surface area contributed by atoms with Gasteiger partial charge in [-0.2, -0.15) is 0 Å². The number of carbonyl (C=O) groups excluding carboxylic acids is 2. The highest BCUT2D eigenvalue weighted by molar-refractivity contribution is 5.94. The maximum Gasteiger partial charge on any atom is 0.417 e. The molecule has 0 N–H and O–H groups in total. The van der Waals surface area contributed by atoms with Gasteiger partial charge >= 0.3 is 12.1 Å². The fourth-order valence-electron chi connectivity index (χ4n) is 3.42. The number of amides is 2. The maximum atomic E-state index is 12.5. The number of imide groups is 1. The molecule has 0 aromatic rings. The molecule has 3 rings (SSSR count). The smallest absolute Gasteiger partial charge is 0.417 e. The molecule has 130 valence electrons. The molecule has 2 unspecified atom stereocenters. The van der Waals surface area contributed by atoms with Crippen LogP contribution >= 0.6 is 0 Å². The fourth-order valence-corrected chi connectivity index (χ4v) is 3.42. The molecule has 7 heteroatoms. The molecule has 3 fully saturated rings. The monoisotopic (exact) mass is 327 g/mol. The van der Waals surface area contributed by atoms with E-state index >= 15 is 0 Å². The quantitative estimate of drug-likeness (QED) is 0.734. The van der Waals surface area contributed by atoms with Crippen LogP contribution in [0.3, 0.4) is 0 Å². The summed E-state index contributed by atoms with van der Waals surface area (Å²) in [5.41, 5.74) is -1.13. The van der Waals surface area contributed by atoms with Crippen LogP contribution < -0.4 is 0 Å². The molecule has 3 aliphatic rings. The molecule has 0 saturated carbocycles. The van der Waals surface area contributed by atoms with Gasteiger partial charge in [-0.3, -0.25) is 4.79 Å². The second-order valence-electron chi connectivity index (χ2n) is 7.91. The van der Waals surface area contributed by atoms with Gasteiger partial charge < -0.3 is 18.9 Å². The number of hydrogen-bond donors (Lipinski definition) is 0. The molecule has 3 aliphatic heterocycles. The van der Waals surface area contributed by atoms with Crippen LogP contribution in [0.4, 0.5) is 4.79 Å². The van der Waals surface area contributed by atoms with E-state index in [0.717, 1.165) is 11.3 Å². The van der Waals surface area contributed by atoms with Crippen LogP contribution in [0, 0.1) is 5.92 Å². The van der Waals surface area contributed by atoms with Gasteiger partial charge in [-0.15, -0.1) is 0 Å². The minimum absolute atomic E-state index is 0.143. The number of nitrogens with zero attached hydrogens (tertiary/aromatic N) is 1. The summed E-state index contributed by atoms with van der Waals surface area (Å²) in [5, 5.41) is 0. The summed E-state index contributed by atoms with van der Waals surface area (Å²) in [6.07, 6.45) is 0.274. The van der Waals surface area contributed by atoms with E-state index in [1.165, 1.54) is 0 Å². The van der Waals surface area contributed by atoms with E-state index < -0.39 is 29.3 Å². The maximum absolute atomic E-state index is 12.5. The summed E-state index contributed by atoms with van der Waals surface area (Å²) in [6, 6.07) is -0.646. The van der Waals surface area contributed by atoms with E-state index in [9.17, 15) is 9.59 Å². The Bertz CT molecular complexity index is 529. The third kappa shape index (κ3) is 2.86. The average Bonchev–Trinajstić information content (AvgIpc) is 2.82. The lowest BCUT2D eigenvalue weighted by molar-refractivity contribution is -0.388. The molecule has 0 aromatic heterocycles. The summed E-state index contributed by atoms with van der Waals surface area (Å²) < 4.78 is 23.1. The van der Waals surface area contributed by atoms with E-state index in [-0.39, 0.29) is 18.2 Å². The number of hydrogen-bond acceptors (Lipinski definition) is 6. The molecule has 23 heavy (non-hydrogen) atoms. The van der Waals surface area contributed by atoms with Crippen molar-refractivity contribution < 1.29 is 28.5 Å². The van der Waals surface area contributed by atoms with Gasteiger partial charge in [0.2, 0.25) is 5.91 Å². The third-order valence-electron chi connectivity index (χ3n) is 4.44. The van der Waals surface area contributed by atoms with Crippen molar-refractivity contribution in [2.45, 2.75) is 70.7 Å². The van der Waals surface area contributed by atoms with Crippen molar-refractivity contribution in [2.24, 2.45) is 5.92 Å². The Labute approximate surface area is 136 Å². The van der Waals surface area contributed by atoms with Crippen LogP contribution in [0.2, 0.25) is 0 Å². The Hall–Kier alpha value is -1.18. The van der Waals surface area contributed by atoms with Crippen LogP contribution in [-0.4, -0.2) is 53.3 Å². The molecule has 2 bridgehead atoms. The fraction of sp³-hybridized carbons (Fsp3) is 0.875. The molecule has 2 amide bonds. The summed E-state index contributed by atoms with van der Waals surface area (Å²) in [7, 11) is 0. The Balaban J connectivity index is 1.89. The molecular weight excluding hydrogens is 302 g/mol. The number of fused-ring (bicyclic) bond motifs is 2. The normalized spacial score (nSPS) is 40.6. The van der Waals surface area contributed by atoms with Crippen LogP contribution in [0.15, 0.2) is 0 Å². The third-order valence-corrected chi connectivity index (χ3v) is 4.44. The topological polar surface area (TPSA) is 74.3 Å². The molecular formula is C16H25NO6. The Morgan fingerprint density at radius 1 is 1.35 bits per heavy atom. The van der Waals surface area contributed by atoms with Gasteiger partial charge in [0.25, 0.3) is 0 Å². The van der Waals surface area contributed by atoms with E-state index in [1.807, 2.05) is 13.8 Å². The number of ether oxygens (including phenoxy) is 4. The zero-order valence-electron chi connectivity index (χ0n) is 14.4. The van der Waals surface area contributed by atoms with E-state index in [4.69, 9.17) is 18.9 Å². The number of carbonyl (C=O) groups is 2. The SMILES string of the molecule is C[C@H]1CC(=O)N(C(=O)OC(C)(C)C)[C@@H]1C12OCCC(C)(CO1)O2. The molecule has 7 nitrogen and oxygen atoms in total. The van der Waals surface area contributed by atoms with Gasteiger partial charge in [-0.25, -0.2) is 9.69 Å². The van der Waals surface area contributed by atoms with Gasteiger partial charge in [-0.05, 0) is 33.6 Å². The predicted octanol–water partition coefficient (Wildman–Crippen LogP) is 2.04. The first kappa shape index (κ1) is 16.7. The van der Waals surface area contributed by atoms with E-state index in [1.54, 1.807) is 20.8 Å². The summed E-state index contributed by atoms with van der Waals surface area (Å²) in [6.45, 7) is 9.98. The molecule has 0 aromatic carbocycles. The van der Waals surface area contributed by atoms with Crippen LogP contribution in [0.5, 0.6) is 0 Å². The summed E-state index contributed by atoms with van der Waals surface area (Å²) in [4.78, 5) is 26.0. The first-order valence-electron chi connectivity index (χ1n) is 8.08. The zero-order chi connectivity index (χ0) is 17.0. The van der Waals surface area contributed by atoms with Gasteiger partial charge in [0.15, 0.2) is 0 Å². The van der Waals surface area contributed by atoms with Gasteiger partial charge in [0.05, 0.1) is 18.8 Å². The molecule has 0 radical (unpaired) electrons. The largest absolute Gasteiger partial charge is 0.443 e. The standard InChI is InChI=1S/C16H25NO6/c1-10-8-11(18)17(13(19)22-14(2,3)4)12(10)16-20-7-6-15(5,23-16)9-21-16/h10,12H,6-9H2,1-5H3/t10-,12-,15?,16?/m0/s1. The van der Waals surface area contributed by atoms with E-state index in [2.05, 4.69) is 0 Å². The number of likely N-dealkylation sites (tertiary alicyclic amines) is 1. The highest BCUT2D eigenvalue weighted by atomic mass is 16.9. The Morgan fingerprint density at radius 3 is 2.70 bits per heavy atom. The van der Waals surface area contributed by atoms with Crippen molar-refractivity contribution in [3.8, 4) is 0 Å². The molecule has 3 saturated heterocycles. The molecule has 0 spiro atoms. The van der Waals surface area contributed by atoms with Crippen molar-refractivity contribution in [3.05, 3.63) is 0 Å². The Kier molecular flexibility index (Phi) is 3.74. The van der Waals surface area contributed by atoms with Gasteiger partial charge in [0, 0.05) is 12.8 Å². The minimum Gasteiger partial charge on any atom is -0.443 e. The van der Waals surface area contributed by atoms with Crippen molar-refractivity contribution >= 4 is 12.0 Å². The van der Waals surface area contributed by atoms with Crippen molar-refractivity contribution in [2.75, 3.05) is 13.2 Å². The van der Waals surface area contributed by atoms with Crippen molar-refractivity contribution in [3.63, 3.8) is 0 Å². The highest BCUT2D eigenvalue weighted by Crippen LogP contribution is 2.47. The first-order chi connectivity index (χ1) is 10.6. The molecule has 0 aliphatic carbocycles. The Morgan fingerprint density at radius 2 is 2.04 bits per heavy atom.